The Morgan fingerprint density at radius 2 is 2.10 bits per heavy atom. The van der Waals surface area contributed by atoms with Gasteiger partial charge in [0.05, 0.1) is 6.54 Å². The molecule has 0 unspecified atom stereocenters. The topological polar surface area (TPSA) is 45.5 Å². The molecule has 0 spiro atoms. The monoisotopic (exact) mass is 290 g/mol. The second kappa shape index (κ2) is 6.22. The Morgan fingerprint density at radius 1 is 1.38 bits per heavy atom. The second-order valence-electron chi connectivity index (χ2n) is 6.72. The zero-order chi connectivity index (χ0) is 14.8. The van der Waals surface area contributed by atoms with Gasteiger partial charge in [-0.05, 0) is 56.3 Å². The molecule has 2 fully saturated rings. The van der Waals surface area contributed by atoms with Gasteiger partial charge in [-0.3, -0.25) is 9.69 Å². The normalized spacial score (nSPS) is 26.8. The highest BCUT2D eigenvalue weighted by atomic mass is 16.3. The number of carbonyl (C=O) groups excluding carboxylic acids is 1. The van der Waals surface area contributed by atoms with Gasteiger partial charge in [0.25, 0.3) is 0 Å². The van der Waals surface area contributed by atoms with Crippen LogP contribution in [0.2, 0.25) is 0 Å². The van der Waals surface area contributed by atoms with Gasteiger partial charge in [0.2, 0.25) is 5.91 Å². The van der Waals surface area contributed by atoms with Crippen molar-refractivity contribution in [2.75, 3.05) is 20.1 Å². The molecule has 0 bridgehead atoms. The molecule has 3 rings (SSSR count). The molecule has 1 saturated carbocycles. The van der Waals surface area contributed by atoms with E-state index < -0.39 is 0 Å². The highest BCUT2D eigenvalue weighted by Gasteiger charge is 2.36. The molecule has 1 saturated heterocycles. The SMILES string of the molecule is CNC(=O)CC1CCN(Cc2ccc([C@H]3C[C@H]3C)o2)CC1. The van der Waals surface area contributed by atoms with Crippen molar-refractivity contribution in [3.8, 4) is 0 Å². The highest BCUT2D eigenvalue weighted by Crippen LogP contribution is 2.47. The third-order valence-corrected chi connectivity index (χ3v) is 5.00. The van der Waals surface area contributed by atoms with E-state index in [-0.39, 0.29) is 5.91 Å². The van der Waals surface area contributed by atoms with Crippen molar-refractivity contribution in [3.63, 3.8) is 0 Å². The van der Waals surface area contributed by atoms with E-state index in [0.717, 1.165) is 44.2 Å². The Morgan fingerprint density at radius 3 is 2.71 bits per heavy atom. The van der Waals surface area contributed by atoms with Crippen LogP contribution in [0.3, 0.4) is 0 Å². The number of amides is 1. The van der Waals surface area contributed by atoms with Crippen LogP contribution in [0.1, 0.15) is 50.0 Å². The van der Waals surface area contributed by atoms with Crippen molar-refractivity contribution in [1.29, 1.82) is 0 Å². The quantitative estimate of drug-likeness (QED) is 0.907. The molecule has 1 amide bonds. The van der Waals surface area contributed by atoms with Crippen molar-refractivity contribution in [2.24, 2.45) is 11.8 Å². The summed E-state index contributed by atoms with van der Waals surface area (Å²) < 4.78 is 5.98. The molecule has 0 aromatic carbocycles. The average molecular weight is 290 g/mol. The van der Waals surface area contributed by atoms with Crippen LogP contribution in [-0.4, -0.2) is 30.9 Å². The molecule has 2 heterocycles. The standard InChI is InChI=1S/C17H26N2O2/c1-12-9-15(12)16-4-3-14(21-16)11-19-7-5-13(6-8-19)10-17(20)18-2/h3-4,12-13,15H,5-11H2,1-2H3,(H,18,20)/t12-,15+/m1/s1. The van der Waals surface area contributed by atoms with Gasteiger partial charge in [-0.1, -0.05) is 6.92 Å². The zero-order valence-electron chi connectivity index (χ0n) is 13.1. The van der Waals surface area contributed by atoms with Crippen molar-refractivity contribution in [2.45, 2.75) is 45.1 Å². The minimum Gasteiger partial charge on any atom is -0.464 e. The zero-order valence-corrected chi connectivity index (χ0v) is 13.1. The molecule has 4 heteroatoms. The number of carbonyl (C=O) groups is 1. The fraction of sp³-hybridized carbons (Fsp3) is 0.706. The summed E-state index contributed by atoms with van der Waals surface area (Å²) in [5.74, 6) is 4.44. The van der Waals surface area contributed by atoms with Gasteiger partial charge in [-0.15, -0.1) is 0 Å². The van der Waals surface area contributed by atoms with Crippen molar-refractivity contribution >= 4 is 5.91 Å². The van der Waals surface area contributed by atoms with E-state index in [9.17, 15) is 4.79 Å². The summed E-state index contributed by atoms with van der Waals surface area (Å²) >= 11 is 0. The summed E-state index contributed by atoms with van der Waals surface area (Å²) in [4.78, 5) is 13.9. The maximum Gasteiger partial charge on any atom is 0.220 e. The van der Waals surface area contributed by atoms with E-state index in [1.807, 2.05) is 0 Å². The number of nitrogens with zero attached hydrogens (tertiary/aromatic N) is 1. The Labute approximate surface area is 126 Å². The van der Waals surface area contributed by atoms with Crippen molar-refractivity contribution in [3.05, 3.63) is 23.7 Å². The summed E-state index contributed by atoms with van der Waals surface area (Å²) in [5, 5.41) is 2.72. The molecule has 0 radical (unpaired) electrons. The lowest BCUT2D eigenvalue weighted by Crippen LogP contribution is -2.34. The first kappa shape index (κ1) is 14.6. The maximum absolute atomic E-state index is 11.4. The van der Waals surface area contributed by atoms with Gasteiger partial charge < -0.3 is 9.73 Å². The van der Waals surface area contributed by atoms with Crippen LogP contribution in [0.5, 0.6) is 0 Å². The molecular formula is C17H26N2O2. The molecule has 1 aliphatic heterocycles. The second-order valence-corrected chi connectivity index (χ2v) is 6.72. The van der Waals surface area contributed by atoms with Gasteiger partial charge >= 0.3 is 0 Å². The summed E-state index contributed by atoms with van der Waals surface area (Å²) in [6.45, 7) is 5.33. The molecule has 21 heavy (non-hydrogen) atoms. The minimum absolute atomic E-state index is 0.169. The Hall–Kier alpha value is -1.29. The molecule has 1 aliphatic carbocycles. The van der Waals surface area contributed by atoms with Crippen LogP contribution in [0.25, 0.3) is 0 Å². The lowest BCUT2D eigenvalue weighted by molar-refractivity contribution is -0.121. The van der Waals surface area contributed by atoms with Gasteiger partial charge in [0, 0.05) is 19.4 Å². The summed E-state index contributed by atoms with van der Waals surface area (Å²) in [7, 11) is 1.71. The molecule has 2 aliphatic rings. The summed E-state index contributed by atoms with van der Waals surface area (Å²) in [6.07, 6.45) is 4.17. The molecule has 4 nitrogen and oxygen atoms in total. The number of hydrogen-bond acceptors (Lipinski definition) is 3. The lowest BCUT2D eigenvalue weighted by Gasteiger charge is -2.30. The number of rotatable bonds is 5. The van der Waals surface area contributed by atoms with E-state index in [4.69, 9.17) is 4.42 Å². The first-order chi connectivity index (χ1) is 10.2. The molecular weight excluding hydrogens is 264 g/mol. The van der Waals surface area contributed by atoms with Crippen LogP contribution in [-0.2, 0) is 11.3 Å². The summed E-state index contributed by atoms with van der Waals surface area (Å²) in [5.41, 5.74) is 0. The third-order valence-electron chi connectivity index (χ3n) is 5.00. The maximum atomic E-state index is 11.4. The van der Waals surface area contributed by atoms with E-state index in [2.05, 4.69) is 29.3 Å². The van der Waals surface area contributed by atoms with E-state index in [1.165, 1.54) is 12.2 Å². The Bertz CT molecular complexity index is 489. The van der Waals surface area contributed by atoms with Gasteiger partial charge in [-0.25, -0.2) is 0 Å². The fourth-order valence-electron chi connectivity index (χ4n) is 3.33. The first-order valence-corrected chi connectivity index (χ1v) is 8.17. The van der Waals surface area contributed by atoms with E-state index >= 15 is 0 Å². The molecule has 1 N–H and O–H groups in total. The van der Waals surface area contributed by atoms with Gasteiger partial charge in [0.15, 0.2) is 0 Å². The van der Waals surface area contributed by atoms with Crippen LogP contribution in [0.4, 0.5) is 0 Å². The Kier molecular flexibility index (Phi) is 4.34. The minimum atomic E-state index is 0.169. The van der Waals surface area contributed by atoms with Crippen LogP contribution in [0, 0.1) is 11.8 Å². The third kappa shape index (κ3) is 3.67. The predicted molar refractivity (Wildman–Crippen MR) is 81.9 cm³/mol. The molecule has 2 atom stereocenters. The number of nitrogens with one attached hydrogen (secondary N) is 1. The van der Waals surface area contributed by atoms with Crippen molar-refractivity contribution in [1.82, 2.24) is 10.2 Å². The number of likely N-dealkylation sites (tertiary alicyclic amines) is 1. The lowest BCUT2D eigenvalue weighted by atomic mass is 9.93. The molecule has 116 valence electrons. The van der Waals surface area contributed by atoms with Crippen LogP contribution < -0.4 is 5.32 Å². The Balaban J connectivity index is 1.45. The number of piperidine rings is 1. The van der Waals surface area contributed by atoms with Crippen molar-refractivity contribution < 1.29 is 9.21 Å². The molecule has 1 aromatic heterocycles. The summed E-state index contributed by atoms with van der Waals surface area (Å²) in [6, 6.07) is 4.29. The van der Waals surface area contributed by atoms with E-state index in [1.54, 1.807) is 7.05 Å². The largest absolute Gasteiger partial charge is 0.464 e. The number of furan rings is 1. The predicted octanol–water partition coefficient (Wildman–Crippen LogP) is 2.75. The molecule has 1 aromatic rings. The fourth-order valence-corrected chi connectivity index (χ4v) is 3.33. The van der Waals surface area contributed by atoms with Crippen LogP contribution in [0.15, 0.2) is 16.5 Å². The van der Waals surface area contributed by atoms with Gasteiger partial charge in [0.1, 0.15) is 11.5 Å². The van der Waals surface area contributed by atoms with Crippen LogP contribution >= 0.6 is 0 Å². The number of hydrogen-bond donors (Lipinski definition) is 1. The first-order valence-electron chi connectivity index (χ1n) is 8.17. The average Bonchev–Trinajstić information content (AvgIpc) is 3.04. The van der Waals surface area contributed by atoms with E-state index in [0.29, 0.717) is 18.3 Å². The smallest absolute Gasteiger partial charge is 0.220 e. The van der Waals surface area contributed by atoms with Gasteiger partial charge in [-0.2, -0.15) is 0 Å². The highest BCUT2D eigenvalue weighted by molar-refractivity contribution is 5.75.